The summed E-state index contributed by atoms with van der Waals surface area (Å²) in [5.74, 6) is 0.0111. The molecule has 0 bridgehead atoms. The molecule has 0 saturated carbocycles. The molecule has 0 aliphatic carbocycles. The van der Waals surface area contributed by atoms with Crippen molar-refractivity contribution >= 4 is 40.2 Å². The van der Waals surface area contributed by atoms with Gasteiger partial charge in [0, 0.05) is 31.7 Å². The summed E-state index contributed by atoms with van der Waals surface area (Å²) in [4.78, 5) is 45.2. The number of thioether (sulfide) groups is 1. The average Bonchev–Trinajstić information content (AvgIpc) is 2.87. The first-order valence-corrected chi connectivity index (χ1v) is 12.8. The van der Waals surface area contributed by atoms with Gasteiger partial charge in [-0.25, -0.2) is 4.98 Å². The summed E-state index contributed by atoms with van der Waals surface area (Å²) in [6.45, 7) is 3.85. The molecule has 1 aliphatic heterocycles. The van der Waals surface area contributed by atoms with Gasteiger partial charge in [-0.3, -0.25) is 19.0 Å². The number of piperidine rings is 1. The molecule has 0 atom stereocenters. The van der Waals surface area contributed by atoms with Crippen LogP contribution in [-0.4, -0.2) is 45.1 Å². The number of fused-ring (bicyclic) bond motifs is 1. The van der Waals surface area contributed by atoms with E-state index in [1.165, 1.54) is 11.8 Å². The second-order valence-electron chi connectivity index (χ2n) is 8.41. The summed E-state index contributed by atoms with van der Waals surface area (Å²) < 4.78 is 1.54. The highest BCUT2D eigenvalue weighted by Crippen LogP contribution is 2.21. The van der Waals surface area contributed by atoms with Crippen LogP contribution in [0.2, 0.25) is 0 Å². The molecule has 0 unspecified atom stereocenters. The molecule has 0 radical (unpaired) electrons. The number of nitrogens with zero attached hydrogens (tertiary/aromatic N) is 3. The molecule has 1 aromatic heterocycles. The first kappa shape index (κ1) is 24.0. The first-order valence-electron chi connectivity index (χ1n) is 11.8. The van der Waals surface area contributed by atoms with Gasteiger partial charge in [-0.15, -0.1) is 0 Å². The number of aryl methyl sites for hydroxylation is 1. The Morgan fingerprint density at radius 2 is 1.76 bits per heavy atom. The van der Waals surface area contributed by atoms with Crippen LogP contribution in [0.5, 0.6) is 0 Å². The summed E-state index contributed by atoms with van der Waals surface area (Å²) in [5.41, 5.74) is 2.27. The van der Waals surface area contributed by atoms with Crippen molar-refractivity contribution in [1.82, 2.24) is 14.5 Å². The zero-order chi connectivity index (χ0) is 23.9. The fourth-order valence-electron chi connectivity index (χ4n) is 4.23. The molecular weight excluding hydrogens is 448 g/mol. The van der Waals surface area contributed by atoms with Crippen LogP contribution in [0.15, 0.2) is 58.5 Å². The number of benzene rings is 2. The second kappa shape index (κ2) is 11.3. The van der Waals surface area contributed by atoms with E-state index >= 15 is 0 Å². The normalized spacial score (nSPS) is 13.7. The molecule has 34 heavy (non-hydrogen) atoms. The minimum Gasteiger partial charge on any atom is -0.343 e. The Morgan fingerprint density at radius 1 is 1.03 bits per heavy atom. The van der Waals surface area contributed by atoms with Crippen LogP contribution in [0.4, 0.5) is 5.69 Å². The highest BCUT2D eigenvalue weighted by atomic mass is 32.2. The van der Waals surface area contributed by atoms with Crippen molar-refractivity contribution in [2.75, 3.05) is 24.2 Å². The molecule has 2 amide bonds. The smallest absolute Gasteiger partial charge is 0.262 e. The zero-order valence-corrected chi connectivity index (χ0v) is 20.3. The Labute approximate surface area is 203 Å². The minimum absolute atomic E-state index is 0.0598. The van der Waals surface area contributed by atoms with Gasteiger partial charge < -0.3 is 10.2 Å². The van der Waals surface area contributed by atoms with E-state index in [0.717, 1.165) is 50.0 Å². The maximum Gasteiger partial charge on any atom is 0.262 e. The number of carbonyl (C=O) groups excluding carboxylic acids is 2. The van der Waals surface area contributed by atoms with E-state index in [9.17, 15) is 14.4 Å². The highest BCUT2D eigenvalue weighted by Gasteiger charge is 2.19. The molecule has 0 spiro atoms. The van der Waals surface area contributed by atoms with Crippen LogP contribution < -0.4 is 10.9 Å². The molecule has 8 heteroatoms. The van der Waals surface area contributed by atoms with E-state index in [2.05, 4.69) is 10.3 Å². The number of hydrogen-bond donors (Lipinski definition) is 1. The van der Waals surface area contributed by atoms with Crippen LogP contribution in [0, 0.1) is 0 Å². The van der Waals surface area contributed by atoms with Gasteiger partial charge in [-0.1, -0.05) is 49.0 Å². The number of carbonyl (C=O) groups is 2. The molecule has 1 fully saturated rings. The highest BCUT2D eigenvalue weighted by molar-refractivity contribution is 7.99. The summed E-state index contributed by atoms with van der Waals surface area (Å²) in [7, 11) is 0. The fraction of sp³-hybridized carbons (Fsp3) is 0.385. The van der Waals surface area contributed by atoms with Gasteiger partial charge in [-0.05, 0) is 49.4 Å². The third kappa shape index (κ3) is 5.67. The SMILES string of the molecule is CCc1ccccc1NC(=O)CSc1nc2ccccc2c(=O)n1CCC(=O)N1CCCCC1. The van der Waals surface area contributed by atoms with Crippen molar-refractivity contribution < 1.29 is 9.59 Å². The van der Waals surface area contributed by atoms with E-state index in [4.69, 9.17) is 0 Å². The quantitative estimate of drug-likeness (QED) is 0.389. The number of rotatable bonds is 8. The largest absolute Gasteiger partial charge is 0.343 e. The lowest BCUT2D eigenvalue weighted by molar-refractivity contribution is -0.132. The Hall–Kier alpha value is -3.13. The van der Waals surface area contributed by atoms with Crippen LogP contribution in [0.1, 0.15) is 38.2 Å². The molecule has 1 N–H and O–H groups in total. The Balaban J connectivity index is 1.51. The van der Waals surface area contributed by atoms with Crippen LogP contribution in [-0.2, 0) is 22.6 Å². The summed E-state index contributed by atoms with van der Waals surface area (Å²) in [6, 6.07) is 14.9. The number of anilines is 1. The number of hydrogen-bond acceptors (Lipinski definition) is 5. The van der Waals surface area contributed by atoms with Gasteiger partial charge in [0.15, 0.2) is 5.16 Å². The Bertz CT molecular complexity index is 1230. The van der Waals surface area contributed by atoms with Gasteiger partial charge in [-0.2, -0.15) is 0 Å². The lowest BCUT2D eigenvalue weighted by atomic mass is 10.1. The standard InChI is InChI=1S/C26H30N4O3S/c1-2-19-10-4-6-12-21(19)27-23(31)18-34-26-28-22-13-7-5-11-20(22)25(33)30(26)17-14-24(32)29-15-8-3-9-16-29/h4-7,10-13H,2-3,8-9,14-18H2,1H3,(H,27,31). The van der Waals surface area contributed by atoms with Crippen LogP contribution in [0.3, 0.4) is 0 Å². The fourth-order valence-corrected chi connectivity index (χ4v) is 5.06. The number of amides is 2. The second-order valence-corrected chi connectivity index (χ2v) is 9.35. The van der Waals surface area contributed by atoms with Crippen molar-refractivity contribution in [1.29, 1.82) is 0 Å². The number of aromatic nitrogens is 2. The third-order valence-electron chi connectivity index (χ3n) is 6.09. The van der Waals surface area contributed by atoms with Gasteiger partial charge in [0.05, 0.1) is 16.7 Å². The summed E-state index contributed by atoms with van der Waals surface area (Å²) in [6.07, 6.45) is 4.27. The molecule has 1 aliphatic rings. The average molecular weight is 479 g/mol. The monoisotopic (exact) mass is 478 g/mol. The Kier molecular flexibility index (Phi) is 8.00. The zero-order valence-electron chi connectivity index (χ0n) is 19.5. The maximum absolute atomic E-state index is 13.2. The molecule has 7 nitrogen and oxygen atoms in total. The summed E-state index contributed by atoms with van der Waals surface area (Å²) in [5, 5.41) is 3.93. The predicted molar refractivity (Wildman–Crippen MR) is 136 cm³/mol. The topological polar surface area (TPSA) is 84.3 Å². The molecule has 3 aromatic rings. The van der Waals surface area contributed by atoms with Crippen molar-refractivity contribution in [3.63, 3.8) is 0 Å². The number of likely N-dealkylation sites (tertiary alicyclic amines) is 1. The van der Waals surface area contributed by atoms with Crippen LogP contribution >= 0.6 is 11.8 Å². The Morgan fingerprint density at radius 3 is 2.56 bits per heavy atom. The molecule has 4 rings (SSSR count). The molecule has 2 heterocycles. The van der Waals surface area contributed by atoms with E-state index < -0.39 is 0 Å². The lowest BCUT2D eigenvalue weighted by Crippen LogP contribution is -2.36. The van der Waals surface area contributed by atoms with Gasteiger partial charge in [0.1, 0.15) is 0 Å². The first-order chi connectivity index (χ1) is 16.6. The number of para-hydroxylation sites is 2. The maximum atomic E-state index is 13.2. The van der Waals surface area contributed by atoms with Crippen molar-refractivity contribution in [3.8, 4) is 0 Å². The van der Waals surface area contributed by atoms with E-state index in [0.29, 0.717) is 16.1 Å². The molecule has 178 valence electrons. The van der Waals surface area contributed by atoms with Gasteiger partial charge >= 0.3 is 0 Å². The van der Waals surface area contributed by atoms with Crippen molar-refractivity contribution in [3.05, 3.63) is 64.4 Å². The van der Waals surface area contributed by atoms with E-state index in [1.807, 2.05) is 42.2 Å². The lowest BCUT2D eigenvalue weighted by Gasteiger charge is -2.27. The van der Waals surface area contributed by atoms with Crippen molar-refractivity contribution in [2.45, 2.75) is 50.7 Å². The van der Waals surface area contributed by atoms with Gasteiger partial charge in [0.2, 0.25) is 11.8 Å². The van der Waals surface area contributed by atoms with E-state index in [1.54, 1.807) is 22.8 Å². The number of nitrogens with one attached hydrogen (secondary N) is 1. The predicted octanol–water partition coefficient (Wildman–Crippen LogP) is 4.09. The molecular formula is C26H30N4O3S. The minimum atomic E-state index is -0.184. The van der Waals surface area contributed by atoms with Crippen LogP contribution in [0.25, 0.3) is 10.9 Å². The third-order valence-corrected chi connectivity index (χ3v) is 7.07. The summed E-state index contributed by atoms with van der Waals surface area (Å²) >= 11 is 1.22. The van der Waals surface area contributed by atoms with Gasteiger partial charge in [0.25, 0.3) is 5.56 Å². The van der Waals surface area contributed by atoms with E-state index in [-0.39, 0.29) is 36.1 Å². The molecule has 1 saturated heterocycles. The molecule has 2 aromatic carbocycles. The van der Waals surface area contributed by atoms with Crippen molar-refractivity contribution in [2.24, 2.45) is 0 Å².